The Kier molecular flexibility index (Phi) is 2.13. The Hall–Kier alpha value is -2.69. The number of aromatic amines is 1. The molecule has 0 unspecified atom stereocenters. The molecule has 0 atom stereocenters. The molecule has 108 valence electrons. The predicted octanol–water partition coefficient (Wildman–Crippen LogP) is 2.75. The monoisotopic (exact) mass is 290 g/mol. The summed E-state index contributed by atoms with van der Waals surface area (Å²) >= 11 is 0. The van der Waals surface area contributed by atoms with Crippen molar-refractivity contribution in [3.05, 3.63) is 47.9 Å². The van der Waals surface area contributed by atoms with Crippen LogP contribution in [0.2, 0.25) is 0 Å². The second kappa shape index (κ2) is 3.94. The van der Waals surface area contributed by atoms with E-state index in [4.69, 9.17) is 0 Å². The number of hydrogen-bond donors (Lipinski definition) is 2. The van der Waals surface area contributed by atoms with Gasteiger partial charge in [-0.1, -0.05) is 6.07 Å². The van der Waals surface area contributed by atoms with Crippen molar-refractivity contribution in [3.63, 3.8) is 0 Å². The average molecular weight is 290 g/mol. The number of nitrogens with one attached hydrogen (secondary N) is 2. The first-order chi connectivity index (χ1) is 10.8. The highest BCUT2D eigenvalue weighted by Gasteiger charge is 2.42. The molecule has 3 aliphatic carbocycles. The highest BCUT2D eigenvalue weighted by atomic mass is 16.2. The summed E-state index contributed by atoms with van der Waals surface area (Å²) in [5, 5.41) is 11.3. The van der Waals surface area contributed by atoms with E-state index >= 15 is 0 Å². The molecule has 0 radical (unpaired) electrons. The maximum Gasteiger partial charge on any atom is 0.270 e. The quantitative estimate of drug-likeness (QED) is 0.609. The molecular weight excluding hydrogens is 276 g/mol. The maximum absolute atomic E-state index is 12.7. The third-order valence-corrected chi connectivity index (χ3v) is 4.83. The molecule has 1 fully saturated rings. The fraction of sp³-hybridized carbons (Fsp3) is 0.235. The molecule has 3 aliphatic rings. The standard InChI is InChI=1S/C17H14N4O/c22-16(15-12-9-10-8-11(10)14(12)20-21-15)19-17(5-3-6-17)13-4-1-2-7-18-13/h1-2,4,7-9H,3,5-6H2,(H,19,22)(H,20,21). The van der Waals surface area contributed by atoms with Gasteiger partial charge >= 0.3 is 0 Å². The van der Waals surface area contributed by atoms with E-state index in [-0.39, 0.29) is 11.4 Å². The maximum atomic E-state index is 12.7. The predicted molar refractivity (Wildman–Crippen MR) is 82.3 cm³/mol. The van der Waals surface area contributed by atoms with E-state index in [1.54, 1.807) is 6.20 Å². The van der Waals surface area contributed by atoms with Gasteiger partial charge in [0.1, 0.15) is 11.2 Å². The number of H-pyrrole nitrogens is 1. The van der Waals surface area contributed by atoms with Crippen molar-refractivity contribution < 1.29 is 4.79 Å². The summed E-state index contributed by atoms with van der Waals surface area (Å²) in [6, 6.07) is 9.95. The summed E-state index contributed by atoms with van der Waals surface area (Å²) in [5.74, 6) is -0.0992. The van der Waals surface area contributed by atoms with Crippen LogP contribution in [-0.4, -0.2) is 21.1 Å². The van der Waals surface area contributed by atoms with Gasteiger partial charge in [-0.2, -0.15) is 5.10 Å². The molecule has 0 spiro atoms. The third-order valence-electron chi connectivity index (χ3n) is 4.83. The lowest BCUT2D eigenvalue weighted by Gasteiger charge is -2.41. The Morgan fingerprint density at radius 1 is 1.27 bits per heavy atom. The number of rotatable bonds is 3. The zero-order valence-corrected chi connectivity index (χ0v) is 11.9. The Balaban J connectivity index is 1.49. The number of nitrogens with zero attached hydrogens (tertiary/aromatic N) is 2. The number of pyridine rings is 1. The Labute approximate surface area is 126 Å². The van der Waals surface area contributed by atoms with Gasteiger partial charge in [-0.05, 0) is 49.1 Å². The highest BCUT2D eigenvalue weighted by Crippen LogP contribution is 2.44. The van der Waals surface area contributed by atoms with E-state index in [2.05, 4.69) is 26.6 Å². The topological polar surface area (TPSA) is 70.7 Å². The normalized spacial score (nSPS) is 17.1. The van der Waals surface area contributed by atoms with E-state index in [0.29, 0.717) is 5.69 Å². The second-order valence-corrected chi connectivity index (χ2v) is 6.12. The minimum Gasteiger partial charge on any atom is -0.340 e. The molecule has 0 aliphatic heterocycles. The number of carbonyl (C=O) groups excluding carboxylic acids is 1. The first-order valence-corrected chi connectivity index (χ1v) is 7.53. The van der Waals surface area contributed by atoms with Gasteiger partial charge in [-0.3, -0.25) is 14.9 Å². The van der Waals surface area contributed by atoms with Crippen molar-refractivity contribution in [2.45, 2.75) is 24.8 Å². The van der Waals surface area contributed by atoms with E-state index in [1.165, 1.54) is 5.56 Å². The largest absolute Gasteiger partial charge is 0.340 e. The van der Waals surface area contributed by atoms with Crippen molar-refractivity contribution in [1.82, 2.24) is 20.5 Å². The van der Waals surface area contributed by atoms with Crippen LogP contribution in [0, 0.1) is 0 Å². The van der Waals surface area contributed by atoms with Crippen molar-refractivity contribution in [3.8, 4) is 11.1 Å². The summed E-state index contributed by atoms with van der Waals surface area (Å²) in [6.45, 7) is 0. The minimum absolute atomic E-state index is 0.0992. The fourth-order valence-corrected chi connectivity index (χ4v) is 3.37. The van der Waals surface area contributed by atoms with Crippen molar-refractivity contribution in [1.29, 1.82) is 0 Å². The SMILES string of the molecule is O=C(NC1(c2ccccn2)CCC1)c1[nH]nc2c3cc-3cc12. The molecule has 5 nitrogen and oxygen atoms in total. The number of fused-ring (bicyclic) bond motifs is 3. The van der Waals surface area contributed by atoms with Crippen LogP contribution in [0.25, 0.3) is 22.0 Å². The summed E-state index contributed by atoms with van der Waals surface area (Å²) in [7, 11) is 0. The van der Waals surface area contributed by atoms with Crippen LogP contribution >= 0.6 is 0 Å². The minimum atomic E-state index is -0.329. The molecule has 1 amide bonds. The molecule has 5 rings (SSSR count). The van der Waals surface area contributed by atoms with Gasteiger partial charge in [0, 0.05) is 17.1 Å². The first kappa shape index (κ1) is 11.9. The summed E-state index contributed by atoms with van der Waals surface area (Å²) in [5.41, 5.74) is 4.43. The van der Waals surface area contributed by atoms with Crippen LogP contribution in [0.15, 0.2) is 36.5 Å². The number of hydrogen-bond acceptors (Lipinski definition) is 3. The fourth-order valence-electron chi connectivity index (χ4n) is 3.37. The zero-order chi connectivity index (χ0) is 14.7. The summed E-state index contributed by atoms with van der Waals surface area (Å²) in [6.07, 6.45) is 4.74. The van der Waals surface area contributed by atoms with Gasteiger partial charge in [-0.15, -0.1) is 0 Å². The molecule has 5 heteroatoms. The number of carbonyl (C=O) groups is 1. The van der Waals surface area contributed by atoms with Crippen LogP contribution in [0.4, 0.5) is 0 Å². The molecule has 2 aromatic rings. The van der Waals surface area contributed by atoms with E-state index < -0.39 is 0 Å². The van der Waals surface area contributed by atoms with Crippen LogP contribution in [0.1, 0.15) is 35.4 Å². The van der Waals surface area contributed by atoms with E-state index in [1.807, 2.05) is 24.3 Å². The number of benzene rings is 1. The average Bonchev–Trinajstić information content (AvgIpc) is 2.99. The molecule has 2 N–H and O–H groups in total. The Morgan fingerprint density at radius 3 is 2.91 bits per heavy atom. The molecule has 0 bridgehead atoms. The van der Waals surface area contributed by atoms with Crippen LogP contribution < -0.4 is 5.32 Å². The lowest BCUT2D eigenvalue weighted by Crippen LogP contribution is -2.51. The lowest BCUT2D eigenvalue weighted by molar-refractivity contribution is 0.0813. The third kappa shape index (κ3) is 1.51. The molecule has 2 heterocycles. The summed E-state index contributed by atoms with van der Waals surface area (Å²) < 4.78 is 0. The Morgan fingerprint density at radius 2 is 2.18 bits per heavy atom. The second-order valence-electron chi connectivity index (χ2n) is 6.12. The van der Waals surface area contributed by atoms with Gasteiger partial charge < -0.3 is 5.32 Å². The van der Waals surface area contributed by atoms with Crippen molar-refractivity contribution in [2.75, 3.05) is 0 Å². The van der Waals surface area contributed by atoms with Gasteiger partial charge in [0.05, 0.1) is 11.2 Å². The first-order valence-electron chi connectivity index (χ1n) is 7.53. The molecule has 1 saturated carbocycles. The van der Waals surface area contributed by atoms with Crippen LogP contribution in [-0.2, 0) is 5.54 Å². The molecule has 2 aromatic heterocycles. The number of amides is 1. The van der Waals surface area contributed by atoms with Crippen molar-refractivity contribution in [2.24, 2.45) is 0 Å². The number of aromatic nitrogens is 3. The smallest absolute Gasteiger partial charge is 0.270 e. The van der Waals surface area contributed by atoms with Gasteiger partial charge in [-0.25, -0.2) is 0 Å². The van der Waals surface area contributed by atoms with Crippen LogP contribution in [0.3, 0.4) is 0 Å². The van der Waals surface area contributed by atoms with Gasteiger partial charge in [0.15, 0.2) is 0 Å². The molecule has 0 aromatic carbocycles. The van der Waals surface area contributed by atoms with E-state index in [0.717, 1.165) is 41.4 Å². The highest BCUT2D eigenvalue weighted by molar-refractivity contribution is 6.15. The van der Waals surface area contributed by atoms with Gasteiger partial charge in [0.25, 0.3) is 5.91 Å². The molecule has 22 heavy (non-hydrogen) atoms. The van der Waals surface area contributed by atoms with Crippen molar-refractivity contribution >= 4 is 16.8 Å². The molecular formula is C17H14N4O. The summed E-state index contributed by atoms with van der Waals surface area (Å²) in [4.78, 5) is 17.1. The Bertz CT molecular complexity index is 909. The zero-order valence-electron chi connectivity index (χ0n) is 11.9. The van der Waals surface area contributed by atoms with E-state index in [9.17, 15) is 4.79 Å². The molecule has 0 saturated heterocycles. The van der Waals surface area contributed by atoms with Gasteiger partial charge in [0.2, 0.25) is 0 Å². The van der Waals surface area contributed by atoms with Crippen LogP contribution in [0.5, 0.6) is 0 Å². The lowest BCUT2D eigenvalue weighted by atomic mass is 9.74.